The van der Waals surface area contributed by atoms with Gasteiger partial charge in [0.2, 0.25) is 0 Å². The van der Waals surface area contributed by atoms with Gasteiger partial charge in [-0.25, -0.2) is 0 Å². The van der Waals surface area contributed by atoms with Crippen LogP contribution in [-0.2, 0) is 0 Å². The molecule has 2 aliphatic rings. The van der Waals surface area contributed by atoms with E-state index >= 15 is 0 Å². The molecule has 1 aliphatic heterocycles. The molecule has 0 amide bonds. The average Bonchev–Trinajstić information content (AvgIpc) is 2.52. The number of rotatable bonds is 3. The van der Waals surface area contributed by atoms with Gasteiger partial charge in [0.25, 0.3) is 0 Å². The number of nitrogens with one attached hydrogen (secondary N) is 1. The molecule has 3 nitrogen and oxygen atoms in total. The van der Waals surface area contributed by atoms with Gasteiger partial charge in [-0.05, 0) is 51.7 Å². The molecule has 3 unspecified atom stereocenters. The van der Waals surface area contributed by atoms with Crippen LogP contribution in [0.4, 0.5) is 0 Å². The summed E-state index contributed by atoms with van der Waals surface area (Å²) in [6, 6.07) is 2.05. The topological polar surface area (TPSA) is 18.5 Å². The fraction of sp³-hybridized carbons (Fsp3) is 1.00. The molecule has 0 aromatic carbocycles. The van der Waals surface area contributed by atoms with Crippen LogP contribution in [-0.4, -0.2) is 61.2 Å². The molecule has 2 fully saturated rings. The third-order valence-corrected chi connectivity index (χ3v) is 5.50. The van der Waals surface area contributed by atoms with Crippen molar-refractivity contribution in [2.45, 2.75) is 71.5 Å². The SMILES string of the molecule is CCNC1C(N2CCCN(C)CC2C)CCCC1(C)C. The second kappa shape index (κ2) is 6.76. The van der Waals surface area contributed by atoms with Crippen molar-refractivity contribution in [2.24, 2.45) is 5.41 Å². The summed E-state index contributed by atoms with van der Waals surface area (Å²) in [7, 11) is 2.27. The second-order valence-electron chi connectivity index (χ2n) is 7.69. The highest BCUT2D eigenvalue weighted by Gasteiger charge is 2.42. The van der Waals surface area contributed by atoms with Gasteiger partial charge in [-0.3, -0.25) is 4.90 Å². The van der Waals surface area contributed by atoms with Gasteiger partial charge >= 0.3 is 0 Å². The quantitative estimate of drug-likeness (QED) is 0.858. The Labute approximate surface area is 126 Å². The van der Waals surface area contributed by atoms with Gasteiger partial charge in [0.05, 0.1) is 0 Å². The molecule has 1 saturated carbocycles. The zero-order valence-corrected chi connectivity index (χ0v) is 14.3. The molecule has 1 saturated heterocycles. The molecule has 0 aromatic rings. The monoisotopic (exact) mass is 281 g/mol. The highest BCUT2D eigenvalue weighted by Crippen LogP contribution is 2.38. The van der Waals surface area contributed by atoms with Crippen LogP contribution < -0.4 is 5.32 Å². The number of hydrogen-bond acceptors (Lipinski definition) is 3. The minimum atomic E-state index is 0.427. The van der Waals surface area contributed by atoms with Gasteiger partial charge in [-0.1, -0.05) is 27.2 Å². The summed E-state index contributed by atoms with van der Waals surface area (Å²) in [6.45, 7) is 14.4. The molecule has 1 heterocycles. The van der Waals surface area contributed by atoms with Gasteiger partial charge < -0.3 is 10.2 Å². The minimum absolute atomic E-state index is 0.427. The first kappa shape index (κ1) is 16.3. The van der Waals surface area contributed by atoms with E-state index in [4.69, 9.17) is 0 Å². The molecule has 118 valence electrons. The summed E-state index contributed by atoms with van der Waals surface area (Å²) >= 11 is 0. The predicted octanol–water partition coefficient (Wildman–Crippen LogP) is 2.57. The molecule has 20 heavy (non-hydrogen) atoms. The first-order valence-electron chi connectivity index (χ1n) is 8.63. The molecule has 0 aromatic heterocycles. The zero-order valence-electron chi connectivity index (χ0n) is 14.3. The molecule has 0 bridgehead atoms. The predicted molar refractivity (Wildman–Crippen MR) is 87.2 cm³/mol. The lowest BCUT2D eigenvalue weighted by atomic mass is 9.70. The van der Waals surface area contributed by atoms with Crippen LogP contribution in [0.25, 0.3) is 0 Å². The fourth-order valence-electron chi connectivity index (χ4n) is 4.48. The molecule has 1 N–H and O–H groups in total. The Balaban J connectivity index is 2.14. The molecule has 2 rings (SSSR count). The van der Waals surface area contributed by atoms with Crippen molar-refractivity contribution in [3.63, 3.8) is 0 Å². The van der Waals surface area contributed by atoms with Crippen LogP contribution >= 0.6 is 0 Å². The van der Waals surface area contributed by atoms with Crippen molar-refractivity contribution in [1.82, 2.24) is 15.1 Å². The van der Waals surface area contributed by atoms with E-state index in [1.54, 1.807) is 0 Å². The standard InChI is InChI=1S/C17H35N3/c1-6-18-16-15(9-7-10-17(16,3)4)20-12-8-11-19(5)13-14(20)2/h14-16,18H,6-13H2,1-5H3. The van der Waals surface area contributed by atoms with Crippen LogP contribution in [0.5, 0.6) is 0 Å². The Kier molecular flexibility index (Phi) is 5.49. The van der Waals surface area contributed by atoms with E-state index in [1.165, 1.54) is 45.3 Å². The third kappa shape index (κ3) is 3.55. The summed E-state index contributed by atoms with van der Waals surface area (Å²) in [5.41, 5.74) is 0.427. The Morgan fingerprint density at radius 3 is 2.65 bits per heavy atom. The van der Waals surface area contributed by atoms with Gasteiger partial charge in [0.15, 0.2) is 0 Å². The maximum absolute atomic E-state index is 3.82. The first-order valence-corrected chi connectivity index (χ1v) is 8.63. The van der Waals surface area contributed by atoms with Crippen LogP contribution in [0.2, 0.25) is 0 Å². The molecule has 0 spiro atoms. The van der Waals surface area contributed by atoms with Crippen molar-refractivity contribution in [3.8, 4) is 0 Å². The molecule has 0 radical (unpaired) electrons. The Morgan fingerprint density at radius 2 is 1.95 bits per heavy atom. The smallest absolute Gasteiger partial charge is 0.0274 e. The summed E-state index contributed by atoms with van der Waals surface area (Å²) in [5, 5.41) is 3.82. The van der Waals surface area contributed by atoms with Crippen LogP contribution in [0.3, 0.4) is 0 Å². The van der Waals surface area contributed by atoms with Gasteiger partial charge in [-0.2, -0.15) is 0 Å². The van der Waals surface area contributed by atoms with E-state index in [2.05, 4.69) is 49.9 Å². The Morgan fingerprint density at radius 1 is 1.20 bits per heavy atom. The minimum Gasteiger partial charge on any atom is -0.312 e. The van der Waals surface area contributed by atoms with E-state index in [0.29, 0.717) is 17.5 Å². The maximum atomic E-state index is 3.82. The average molecular weight is 281 g/mol. The number of hydrogen-bond donors (Lipinski definition) is 1. The zero-order chi connectivity index (χ0) is 14.8. The molecule has 3 heteroatoms. The molecular formula is C17H35N3. The van der Waals surface area contributed by atoms with E-state index in [9.17, 15) is 0 Å². The highest BCUT2D eigenvalue weighted by molar-refractivity contribution is 4.99. The first-order chi connectivity index (χ1) is 9.45. The van der Waals surface area contributed by atoms with E-state index < -0.39 is 0 Å². The van der Waals surface area contributed by atoms with Crippen molar-refractivity contribution in [3.05, 3.63) is 0 Å². The van der Waals surface area contributed by atoms with E-state index in [1.807, 2.05) is 0 Å². The third-order valence-electron chi connectivity index (χ3n) is 5.50. The lowest BCUT2D eigenvalue weighted by Crippen LogP contribution is -2.61. The van der Waals surface area contributed by atoms with Gasteiger partial charge in [-0.15, -0.1) is 0 Å². The van der Waals surface area contributed by atoms with Crippen LogP contribution in [0, 0.1) is 5.41 Å². The summed E-state index contributed by atoms with van der Waals surface area (Å²) < 4.78 is 0. The fourth-order valence-corrected chi connectivity index (χ4v) is 4.48. The van der Waals surface area contributed by atoms with Crippen molar-refractivity contribution >= 4 is 0 Å². The largest absolute Gasteiger partial charge is 0.312 e. The summed E-state index contributed by atoms with van der Waals surface area (Å²) in [5.74, 6) is 0. The van der Waals surface area contributed by atoms with Crippen molar-refractivity contribution < 1.29 is 0 Å². The Bertz CT molecular complexity index is 303. The van der Waals surface area contributed by atoms with Crippen molar-refractivity contribution in [1.29, 1.82) is 0 Å². The van der Waals surface area contributed by atoms with Gasteiger partial charge in [0.1, 0.15) is 0 Å². The summed E-state index contributed by atoms with van der Waals surface area (Å²) in [4.78, 5) is 5.32. The summed E-state index contributed by atoms with van der Waals surface area (Å²) in [6.07, 6.45) is 5.44. The highest BCUT2D eigenvalue weighted by atomic mass is 15.3. The normalized spacial score (nSPS) is 36.8. The van der Waals surface area contributed by atoms with E-state index in [-0.39, 0.29) is 0 Å². The number of likely N-dealkylation sites (N-methyl/N-ethyl adjacent to an activating group) is 2. The molecular weight excluding hydrogens is 246 g/mol. The van der Waals surface area contributed by atoms with Crippen LogP contribution in [0.15, 0.2) is 0 Å². The molecule has 1 aliphatic carbocycles. The molecule has 3 atom stereocenters. The van der Waals surface area contributed by atoms with Crippen molar-refractivity contribution in [2.75, 3.05) is 33.2 Å². The lowest BCUT2D eigenvalue weighted by Gasteiger charge is -2.50. The maximum Gasteiger partial charge on any atom is 0.0274 e. The van der Waals surface area contributed by atoms with Crippen LogP contribution in [0.1, 0.15) is 53.4 Å². The second-order valence-corrected chi connectivity index (χ2v) is 7.69. The number of nitrogens with zero attached hydrogens (tertiary/aromatic N) is 2. The Hall–Kier alpha value is -0.120. The van der Waals surface area contributed by atoms with Gasteiger partial charge in [0, 0.05) is 31.2 Å². The lowest BCUT2D eigenvalue weighted by molar-refractivity contribution is 0.0293. The van der Waals surface area contributed by atoms with E-state index in [0.717, 1.165) is 12.6 Å².